The molecule has 3 atom stereocenters. The van der Waals surface area contributed by atoms with E-state index in [9.17, 15) is 26.3 Å². The van der Waals surface area contributed by atoms with Gasteiger partial charge in [0.2, 0.25) is 0 Å². The minimum absolute atomic E-state index is 0.0241. The largest absolute Gasteiger partial charge is 0.489 e. The lowest BCUT2D eigenvalue weighted by atomic mass is 9.92. The molecule has 0 saturated heterocycles. The first-order chi connectivity index (χ1) is 16.4. The van der Waals surface area contributed by atoms with Crippen molar-refractivity contribution in [3.05, 3.63) is 76.9 Å². The summed E-state index contributed by atoms with van der Waals surface area (Å²) < 4.78 is 90.6. The van der Waals surface area contributed by atoms with E-state index in [1.54, 1.807) is 12.1 Å². The Bertz CT molecular complexity index is 1290. The van der Waals surface area contributed by atoms with Gasteiger partial charge in [0.15, 0.2) is 0 Å². The zero-order valence-electron chi connectivity index (χ0n) is 18.1. The Morgan fingerprint density at radius 2 is 1.17 bits per heavy atom. The molecule has 0 spiro atoms. The van der Waals surface area contributed by atoms with Crippen LogP contribution in [0.1, 0.15) is 46.9 Å². The van der Waals surface area contributed by atoms with Crippen molar-refractivity contribution in [1.82, 2.24) is 0 Å². The molecule has 0 radical (unpaired) electrons. The van der Waals surface area contributed by atoms with Crippen molar-refractivity contribution in [2.75, 3.05) is 11.5 Å². The molecule has 5 rings (SSSR count). The first-order valence-corrected chi connectivity index (χ1v) is 10.8. The number of benzene rings is 3. The lowest BCUT2D eigenvalue weighted by molar-refractivity contribution is -0.138. The highest BCUT2D eigenvalue weighted by Crippen LogP contribution is 2.55. The third-order valence-electron chi connectivity index (χ3n) is 6.46. The number of fused-ring (bicyclic) bond motifs is 5. The zero-order chi connectivity index (χ0) is 25.1. The third-order valence-corrected chi connectivity index (χ3v) is 6.46. The van der Waals surface area contributed by atoms with Crippen LogP contribution < -0.4 is 20.9 Å². The van der Waals surface area contributed by atoms with Gasteiger partial charge in [-0.05, 0) is 60.4 Å². The maximum atomic E-state index is 13.2. The predicted octanol–water partition coefficient (Wildman–Crippen LogP) is 7.10. The van der Waals surface area contributed by atoms with Crippen molar-refractivity contribution >= 4 is 11.4 Å². The van der Waals surface area contributed by atoms with Gasteiger partial charge in [0.05, 0.1) is 11.1 Å². The van der Waals surface area contributed by atoms with E-state index in [2.05, 4.69) is 0 Å². The summed E-state index contributed by atoms with van der Waals surface area (Å²) in [5.41, 5.74) is 11.2. The highest BCUT2D eigenvalue weighted by atomic mass is 19.4. The average molecular weight is 494 g/mol. The van der Waals surface area contributed by atoms with E-state index >= 15 is 0 Å². The first kappa shape index (κ1) is 23.2. The van der Waals surface area contributed by atoms with Crippen molar-refractivity contribution in [1.29, 1.82) is 0 Å². The molecule has 0 aliphatic heterocycles. The summed E-state index contributed by atoms with van der Waals surface area (Å²) in [6.45, 7) is 0. The molecule has 3 aromatic rings. The van der Waals surface area contributed by atoms with Crippen molar-refractivity contribution in [2.45, 2.75) is 43.1 Å². The molecule has 0 heterocycles. The van der Waals surface area contributed by atoms with Crippen LogP contribution in [-0.4, -0.2) is 6.10 Å². The quantitative estimate of drug-likeness (QED) is 0.300. The van der Waals surface area contributed by atoms with Gasteiger partial charge < -0.3 is 20.9 Å². The molecule has 3 aromatic carbocycles. The summed E-state index contributed by atoms with van der Waals surface area (Å²) >= 11 is 0. The molecule has 2 bridgehead atoms. The van der Waals surface area contributed by atoms with Gasteiger partial charge in [0.25, 0.3) is 0 Å². The monoisotopic (exact) mass is 494 g/mol. The Hall–Kier alpha value is -3.56. The van der Waals surface area contributed by atoms with Gasteiger partial charge in [-0.25, -0.2) is 0 Å². The number of halogens is 6. The standard InChI is InChI=1S/C25H20F6N2O2/c26-24(27,28)12-5-14(32)9-17(7-12)34-16-1-2-19-20-3-4-21(22(19)11-16)23(20)35-18-8-13(25(29,30)31)6-15(33)10-18/h1-2,5-11,20-21,23H,3-4,32-33H2. The van der Waals surface area contributed by atoms with Crippen molar-refractivity contribution < 1.29 is 35.8 Å². The van der Waals surface area contributed by atoms with Gasteiger partial charge in [-0.1, -0.05) is 6.07 Å². The highest BCUT2D eigenvalue weighted by molar-refractivity contribution is 5.53. The smallest absolute Gasteiger partial charge is 0.416 e. The molecule has 3 unspecified atom stereocenters. The summed E-state index contributed by atoms with van der Waals surface area (Å²) in [6, 6.07) is 11.4. The normalized spacial score (nSPS) is 21.1. The van der Waals surface area contributed by atoms with Crippen molar-refractivity contribution in [2.24, 2.45) is 0 Å². The van der Waals surface area contributed by atoms with Crippen LogP contribution in [0.3, 0.4) is 0 Å². The lowest BCUT2D eigenvalue weighted by Gasteiger charge is -2.20. The molecule has 1 fully saturated rings. The van der Waals surface area contributed by atoms with Crippen LogP contribution in [0.2, 0.25) is 0 Å². The molecule has 0 amide bonds. The SMILES string of the molecule is Nc1cc(Oc2ccc3c(c2)C2CCC3C2Oc2cc(N)cc(C(F)(F)F)c2)cc(C(F)(F)F)c1. The summed E-state index contributed by atoms with van der Waals surface area (Å²) in [6.07, 6.45) is -7.93. The van der Waals surface area contributed by atoms with E-state index in [1.165, 1.54) is 12.1 Å². The predicted molar refractivity (Wildman–Crippen MR) is 117 cm³/mol. The lowest BCUT2D eigenvalue weighted by Crippen LogP contribution is -2.20. The van der Waals surface area contributed by atoms with Crippen molar-refractivity contribution in [3.8, 4) is 17.2 Å². The molecule has 4 N–H and O–H groups in total. The van der Waals surface area contributed by atoms with E-state index < -0.39 is 23.5 Å². The van der Waals surface area contributed by atoms with E-state index in [4.69, 9.17) is 20.9 Å². The molecular weight excluding hydrogens is 474 g/mol. The fourth-order valence-electron chi connectivity index (χ4n) is 5.06. The fourth-order valence-corrected chi connectivity index (χ4v) is 5.06. The van der Waals surface area contributed by atoms with Gasteiger partial charge in [0.1, 0.15) is 23.4 Å². The fraction of sp³-hybridized carbons (Fsp3) is 0.280. The van der Waals surface area contributed by atoms with Gasteiger partial charge in [-0.2, -0.15) is 26.3 Å². The molecule has 2 aliphatic rings. The molecule has 1 saturated carbocycles. The van der Waals surface area contributed by atoms with E-state index in [-0.39, 0.29) is 40.8 Å². The highest BCUT2D eigenvalue weighted by Gasteiger charge is 2.48. The van der Waals surface area contributed by atoms with Crippen LogP contribution in [0.5, 0.6) is 17.2 Å². The van der Waals surface area contributed by atoms with E-state index in [0.717, 1.165) is 48.2 Å². The van der Waals surface area contributed by atoms with E-state index in [0.29, 0.717) is 5.75 Å². The molecule has 10 heteroatoms. The first-order valence-electron chi connectivity index (χ1n) is 10.8. The molecule has 0 aromatic heterocycles. The Morgan fingerprint density at radius 3 is 1.77 bits per heavy atom. The number of nitrogen functional groups attached to an aromatic ring is 2. The van der Waals surface area contributed by atoms with Crippen LogP contribution in [0.4, 0.5) is 37.7 Å². The van der Waals surface area contributed by atoms with Gasteiger partial charge >= 0.3 is 12.4 Å². The minimum atomic E-state index is -4.57. The Labute approximate surface area is 196 Å². The van der Waals surface area contributed by atoms with Gasteiger partial charge in [-0.3, -0.25) is 0 Å². The summed E-state index contributed by atoms with van der Waals surface area (Å²) in [4.78, 5) is 0. The van der Waals surface area contributed by atoms with Crippen molar-refractivity contribution in [3.63, 3.8) is 0 Å². The van der Waals surface area contributed by atoms with Crippen LogP contribution in [-0.2, 0) is 12.4 Å². The second kappa shape index (κ2) is 8.00. The van der Waals surface area contributed by atoms with E-state index in [1.807, 2.05) is 6.07 Å². The Kier molecular flexibility index (Phi) is 5.30. The summed E-state index contributed by atoms with van der Waals surface area (Å²) in [5.74, 6) is 0.206. The van der Waals surface area contributed by atoms with Crippen LogP contribution in [0.25, 0.3) is 0 Å². The zero-order valence-corrected chi connectivity index (χ0v) is 18.1. The average Bonchev–Trinajstić information content (AvgIpc) is 3.27. The number of hydrogen-bond donors (Lipinski definition) is 2. The molecule has 2 aliphatic carbocycles. The number of anilines is 2. The Morgan fingerprint density at radius 1 is 0.629 bits per heavy atom. The number of alkyl halides is 6. The van der Waals surface area contributed by atoms with Gasteiger partial charge in [0, 0.05) is 35.3 Å². The number of hydrogen-bond acceptors (Lipinski definition) is 4. The number of rotatable bonds is 4. The second-order valence-corrected chi connectivity index (χ2v) is 8.84. The van der Waals surface area contributed by atoms with Crippen LogP contribution >= 0.6 is 0 Å². The topological polar surface area (TPSA) is 70.5 Å². The second-order valence-electron chi connectivity index (χ2n) is 8.84. The maximum absolute atomic E-state index is 13.2. The maximum Gasteiger partial charge on any atom is 0.416 e. The van der Waals surface area contributed by atoms with Crippen LogP contribution in [0.15, 0.2) is 54.6 Å². The van der Waals surface area contributed by atoms with Gasteiger partial charge in [-0.15, -0.1) is 0 Å². The summed E-state index contributed by atoms with van der Waals surface area (Å²) in [7, 11) is 0. The molecular formula is C25H20F6N2O2. The molecule has 35 heavy (non-hydrogen) atoms. The van der Waals surface area contributed by atoms with Crippen LogP contribution in [0, 0.1) is 0 Å². The number of nitrogens with two attached hydrogens (primary N) is 2. The number of ether oxygens (including phenoxy) is 2. The third kappa shape index (κ3) is 4.44. The molecule has 4 nitrogen and oxygen atoms in total. The summed E-state index contributed by atoms with van der Waals surface area (Å²) in [5, 5.41) is 0. The molecule has 184 valence electrons. The Balaban J connectivity index is 1.39. The minimum Gasteiger partial charge on any atom is -0.489 e.